The van der Waals surface area contributed by atoms with E-state index in [0.29, 0.717) is 12.0 Å². The standard InChI is InChI=1S/C16H19ClN4/c1-19-16-3-2-8-21(16)13-9-14(20-15(18)10-13)11-4-6-12(17)7-5-11/h4-7,9-10,16,19H,2-3,8H2,1H3,(H2,18,20). The van der Waals surface area contributed by atoms with Crippen molar-refractivity contribution < 1.29 is 0 Å². The zero-order valence-electron chi connectivity index (χ0n) is 12.0. The summed E-state index contributed by atoms with van der Waals surface area (Å²) in [5.74, 6) is 0.541. The number of hydrogen-bond acceptors (Lipinski definition) is 4. The van der Waals surface area contributed by atoms with Crippen LogP contribution < -0.4 is 16.0 Å². The van der Waals surface area contributed by atoms with Crippen LogP contribution in [0.3, 0.4) is 0 Å². The van der Waals surface area contributed by atoms with E-state index < -0.39 is 0 Å². The molecule has 1 aliphatic rings. The number of halogens is 1. The molecule has 0 radical (unpaired) electrons. The first-order valence-corrected chi connectivity index (χ1v) is 7.52. The van der Waals surface area contributed by atoms with Crippen LogP contribution in [0.2, 0.25) is 5.02 Å². The van der Waals surface area contributed by atoms with Gasteiger partial charge >= 0.3 is 0 Å². The quantitative estimate of drug-likeness (QED) is 0.914. The maximum absolute atomic E-state index is 6.00. The van der Waals surface area contributed by atoms with E-state index in [0.717, 1.165) is 34.9 Å². The summed E-state index contributed by atoms with van der Waals surface area (Å²) in [6, 6.07) is 11.7. The summed E-state index contributed by atoms with van der Waals surface area (Å²) < 4.78 is 0. The fourth-order valence-electron chi connectivity index (χ4n) is 2.85. The summed E-state index contributed by atoms with van der Waals surface area (Å²) in [5, 5.41) is 4.07. The molecule has 2 heterocycles. The summed E-state index contributed by atoms with van der Waals surface area (Å²) in [6.45, 7) is 1.04. The normalized spacial score (nSPS) is 18.2. The van der Waals surface area contributed by atoms with Gasteiger partial charge in [-0.2, -0.15) is 0 Å². The molecule has 0 spiro atoms. The molecule has 2 aromatic rings. The van der Waals surface area contributed by atoms with Crippen molar-refractivity contribution in [3.8, 4) is 11.3 Å². The highest BCUT2D eigenvalue weighted by molar-refractivity contribution is 6.30. The van der Waals surface area contributed by atoms with E-state index in [2.05, 4.69) is 21.3 Å². The number of hydrogen-bond donors (Lipinski definition) is 2. The minimum atomic E-state index is 0.366. The average molecular weight is 303 g/mol. The summed E-state index contributed by atoms with van der Waals surface area (Å²) in [6.07, 6.45) is 2.70. The minimum absolute atomic E-state index is 0.366. The lowest BCUT2D eigenvalue weighted by atomic mass is 10.1. The Bertz CT molecular complexity index is 627. The molecule has 0 bridgehead atoms. The van der Waals surface area contributed by atoms with Crippen LogP contribution >= 0.6 is 11.6 Å². The highest BCUT2D eigenvalue weighted by Gasteiger charge is 2.23. The molecule has 21 heavy (non-hydrogen) atoms. The largest absolute Gasteiger partial charge is 0.384 e. The number of pyridine rings is 1. The zero-order valence-corrected chi connectivity index (χ0v) is 12.8. The third-order valence-corrected chi connectivity index (χ3v) is 4.14. The number of aromatic nitrogens is 1. The molecular formula is C16H19ClN4. The Morgan fingerprint density at radius 1 is 1.29 bits per heavy atom. The lowest BCUT2D eigenvalue weighted by molar-refractivity contribution is 0.582. The summed E-state index contributed by atoms with van der Waals surface area (Å²) in [5.41, 5.74) is 9.01. The maximum atomic E-state index is 6.00. The average Bonchev–Trinajstić information content (AvgIpc) is 2.96. The Hall–Kier alpha value is -1.78. The first kappa shape index (κ1) is 14.2. The van der Waals surface area contributed by atoms with E-state index in [4.69, 9.17) is 17.3 Å². The molecule has 4 nitrogen and oxygen atoms in total. The monoisotopic (exact) mass is 302 g/mol. The third kappa shape index (κ3) is 2.96. The van der Waals surface area contributed by atoms with E-state index in [-0.39, 0.29) is 0 Å². The van der Waals surface area contributed by atoms with E-state index in [1.54, 1.807) is 0 Å². The van der Waals surface area contributed by atoms with Crippen molar-refractivity contribution in [1.29, 1.82) is 0 Å². The molecule has 3 rings (SSSR count). The molecule has 0 saturated carbocycles. The van der Waals surface area contributed by atoms with Gasteiger partial charge in [-0.05, 0) is 38.1 Å². The zero-order chi connectivity index (χ0) is 14.8. The number of rotatable bonds is 3. The van der Waals surface area contributed by atoms with Crippen LogP contribution in [-0.4, -0.2) is 24.7 Å². The molecule has 1 aliphatic heterocycles. The molecular weight excluding hydrogens is 284 g/mol. The van der Waals surface area contributed by atoms with Gasteiger partial charge in [-0.1, -0.05) is 23.7 Å². The summed E-state index contributed by atoms with van der Waals surface area (Å²) in [4.78, 5) is 6.79. The van der Waals surface area contributed by atoms with Crippen LogP contribution in [0.1, 0.15) is 12.8 Å². The fourth-order valence-corrected chi connectivity index (χ4v) is 2.97. The van der Waals surface area contributed by atoms with Gasteiger partial charge in [-0.15, -0.1) is 0 Å². The first-order valence-electron chi connectivity index (χ1n) is 7.15. The highest BCUT2D eigenvalue weighted by Crippen LogP contribution is 2.30. The Morgan fingerprint density at radius 3 is 2.76 bits per heavy atom. The predicted octanol–water partition coefficient (Wildman–Crippen LogP) is 3.13. The number of nitrogen functional groups attached to an aromatic ring is 1. The molecule has 1 saturated heterocycles. The van der Waals surface area contributed by atoms with Crippen molar-refractivity contribution in [2.24, 2.45) is 0 Å². The van der Waals surface area contributed by atoms with Gasteiger partial charge < -0.3 is 16.0 Å². The van der Waals surface area contributed by atoms with Gasteiger partial charge in [0, 0.05) is 28.9 Å². The molecule has 1 fully saturated rings. The first-order chi connectivity index (χ1) is 10.2. The molecule has 110 valence electrons. The van der Waals surface area contributed by atoms with Crippen LogP contribution in [-0.2, 0) is 0 Å². The molecule has 0 aliphatic carbocycles. The second-order valence-corrected chi connectivity index (χ2v) is 5.72. The molecule has 3 N–H and O–H groups in total. The second-order valence-electron chi connectivity index (χ2n) is 5.28. The van der Waals surface area contributed by atoms with Crippen LogP contribution in [0, 0.1) is 0 Å². The van der Waals surface area contributed by atoms with Gasteiger partial charge in [0.05, 0.1) is 11.9 Å². The van der Waals surface area contributed by atoms with Gasteiger partial charge in [0.15, 0.2) is 0 Å². The SMILES string of the molecule is CNC1CCCN1c1cc(N)nc(-c2ccc(Cl)cc2)c1. The van der Waals surface area contributed by atoms with Crippen LogP contribution in [0.15, 0.2) is 36.4 Å². The van der Waals surface area contributed by atoms with Crippen LogP contribution in [0.25, 0.3) is 11.3 Å². The number of nitrogens with zero attached hydrogens (tertiary/aromatic N) is 2. The van der Waals surface area contributed by atoms with Gasteiger partial charge in [0.1, 0.15) is 5.82 Å². The van der Waals surface area contributed by atoms with Crippen LogP contribution in [0.5, 0.6) is 0 Å². The van der Waals surface area contributed by atoms with E-state index in [1.807, 2.05) is 37.4 Å². The van der Waals surface area contributed by atoms with Crippen molar-refractivity contribution in [1.82, 2.24) is 10.3 Å². The van der Waals surface area contributed by atoms with Gasteiger partial charge in [-0.3, -0.25) is 0 Å². The van der Waals surface area contributed by atoms with Crippen molar-refractivity contribution in [2.75, 3.05) is 24.2 Å². The number of benzene rings is 1. The Balaban J connectivity index is 1.98. The summed E-state index contributed by atoms with van der Waals surface area (Å²) >= 11 is 5.94. The highest BCUT2D eigenvalue weighted by atomic mass is 35.5. The molecule has 1 atom stereocenters. The van der Waals surface area contributed by atoms with E-state index in [1.165, 1.54) is 6.42 Å². The van der Waals surface area contributed by atoms with E-state index >= 15 is 0 Å². The van der Waals surface area contributed by atoms with Gasteiger partial charge in [0.2, 0.25) is 0 Å². The maximum Gasteiger partial charge on any atom is 0.126 e. The number of nitrogens with two attached hydrogens (primary N) is 1. The van der Waals surface area contributed by atoms with Crippen molar-refractivity contribution >= 4 is 23.1 Å². The Morgan fingerprint density at radius 2 is 2.05 bits per heavy atom. The molecule has 1 aromatic heterocycles. The Labute approximate surface area is 129 Å². The number of nitrogens with one attached hydrogen (secondary N) is 1. The summed E-state index contributed by atoms with van der Waals surface area (Å²) in [7, 11) is 1.99. The minimum Gasteiger partial charge on any atom is -0.384 e. The molecule has 5 heteroatoms. The van der Waals surface area contributed by atoms with Gasteiger partial charge in [-0.25, -0.2) is 4.98 Å². The van der Waals surface area contributed by atoms with Crippen molar-refractivity contribution in [3.05, 3.63) is 41.4 Å². The van der Waals surface area contributed by atoms with Crippen molar-refractivity contribution in [3.63, 3.8) is 0 Å². The second kappa shape index (κ2) is 5.92. The smallest absolute Gasteiger partial charge is 0.126 e. The van der Waals surface area contributed by atoms with Crippen molar-refractivity contribution in [2.45, 2.75) is 19.0 Å². The number of anilines is 2. The fraction of sp³-hybridized carbons (Fsp3) is 0.312. The topological polar surface area (TPSA) is 54.2 Å². The lowest BCUT2D eigenvalue weighted by Crippen LogP contribution is -2.39. The predicted molar refractivity (Wildman–Crippen MR) is 88.5 cm³/mol. The van der Waals surface area contributed by atoms with Gasteiger partial charge in [0.25, 0.3) is 0 Å². The third-order valence-electron chi connectivity index (χ3n) is 3.89. The Kier molecular flexibility index (Phi) is 3.99. The molecule has 1 unspecified atom stereocenters. The van der Waals surface area contributed by atoms with Crippen LogP contribution in [0.4, 0.5) is 11.5 Å². The lowest BCUT2D eigenvalue weighted by Gasteiger charge is -2.26. The molecule has 0 amide bonds. The van der Waals surface area contributed by atoms with E-state index in [9.17, 15) is 0 Å². The molecule has 1 aromatic carbocycles.